The first-order valence-electron chi connectivity index (χ1n) is 3.16. The first-order chi connectivity index (χ1) is 5.79. The fraction of sp³-hybridized carbons (Fsp3) is 0. The largest absolute Gasteiger partial charge is 0.417 e. The van der Waals surface area contributed by atoms with Gasteiger partial charge in [0.05, 0.1) is 0 Å². The van der Waals surface area contributed by atoms with Gasteiger partial charge in [0.1, 0.15) is 6.26 Å². The number of rotatable bonds is 0. The van der Waals surface area contributed by atoms with Gasteiger partial charge in [-0.25, -0.2) is 9.79 Å². The van der Waals surface area contributed by atoms with Gasteiger partial charge < -0.3 is 4.42 Å². The smallest absolute Gasteiger partial charge is 0.416 e. The summed E-state index contributed by atoms with van der Waals surface area (Å²) in [5, 5.41) is 0. The number of hydrogen-bond acceptors (Lipinski definition) is 3. The fourth-order valence-electron chi connectivity index (χ4n) is 0.517. The number of hydrogen-bond donors (Lipinski definition) is 1. The Labute approximate surface area is 67.4 Å². The second-order valence-electron chi connectivity index (χ2n) is 1.83. The van der Waals surface area contributed by atoms with E-state index in [1.54, 1.807) is 6.08 Å². The highest BCUT2D eigenvalue weighted by Crippen LogP contribution is 1.83. The first-order valence-corrected chi connectivity index (χ1v) is 3.16. The molecule has 0 fully saturated rings. The van der Waals surface area contributed by atoms with Crippen LogP contribution in [0.25, 0.3) is 0 Å². The Hall–Kier alpha value is -1.91. The van der Waals surface area contributed by atoms with Gasteiger partial charge in [0.15, 0.2) is 0 Å². The van der Waals surface area contributed by atoms with Crippen LogP contribution < -0.4 is 5.76 Å². The van der Waals surface area contributed by atoms with Crippen molar-refractivity contribution in [3.05, 3.63) is 35.2 Å². The summed E-state index contributed by atoms with van der Waals surface area (Å²) in [7, 11) is 0. The summed E-state index contributed by atoms with van der Waals surface area (Å²) in [5.41, 5.74) is 0. The molecule has 0 aromatic carbocycles. The zero-order chi connectivity index (χ0) is 8.81. The summed E-state index contributed by atoms with van der Waals surface area (Å²) in [6, 6.07) is 0. The number of carbonyl (C=O) groups is 1. The van der Waals surface area contributed by atoms with E-state index in [4.69, 9.17) is 0 Å². The second-order valence-corrected chi connectivity index (χ2v) is 1.83. The van der Waals surface area contributed by atoms with Crippen molar-refractivity contribution in [2.75, 3.05) is 0 Å². The van der Waals surface area contributed by atoms with E-state index in [1.165, 1.54) is 24.8 Å². The van der Waals surface area contributed by atoms with Crippen molar-refractivity contribution in [3.63, 3.8) is 0 Å². The fourth-order valence-corrected chi connectivity index (χ4v) is 0.517. The molecule has 0 radical (unpaired) electrons. The number of aromatic amines is 1. The molecule has 62 valence electrons. The highest BCUT2D eigenvalue weighted by atomic mass is 16.4. The molecule has 0 atom stereocenters. The summed E-state index contributed by atoms with van der Waals surface area (Å²) in [4.78, 5) is 25.4. The third-order valence-corrected chi connectivity index (χ3v) is 0.971. The Balaban J connectivity index is 0.000000120. The predicted octanol–water partition coefficient (Wildman–Crippen LogP) is 0.121. The third-order valence-electron chi connectivity index (χ3n) is 0.971. The lowest BCUT2D eigenvalue weighted by Gasteiger charge is -1.62. The molecule has 1 N–H and O–H groups in total. The Bertz CT molecular complexity index is 328. The highest BCUT2D eigenvalue weighted by molar-refractivity contribution is 6.03. The molecule has 0 saturated heterocycles. The van der Waals surface area contributed by atoms with Gasteiger partial charge in [-0.05, 0) is 6.08 Å². The Morgan fingerprint density at radius 3 is 2.42 bits per heavy atom. The van der Waals surface area contributed by atoms with Crippen LogP contribution in [0.3, 0.4) is 0 Å². The zero-order valence-electron chi connectivity index (χ0n) is 6.06. The van der Waals surface area contributed by atoms with Gasteiger partial charge in [0, 0.05) is 18.5 Å². The van der Waals surface area contributed by atoms with E-state index >= 15 is 0 Å². The van der Waals surface area contributed by atoms with E-state index in [2.05, 4.69) is 14.4 Å². The number of allylic oxidation sites excluding steroid dienone is 1. The number of amides is 1. The minimum atomic E-state index is -0.407. The van der Waals surface area contributed by atoms with Crippen LogP contribution in [0.15, 0.2) is 38.8 Å². The molecule has 12 heavy (non-hydrogen) atoms. The molecule has 1 aromatic rings. The molecule has 1 aromatic heterocycles. The van der Waals surface area contributed by atoms with Crippen molar-refractivity contribution in [1.29, 1.82) is 0 Å². The summed E-state index contributed by atoms with van der Waals surface area (Å²) in [6.07, 6.45) is 7.23. The molecule has 0 spiro atoms. The van der Waals surface area contributed by atoms with Crippen molar-refractivity contribution >= 4 is 12.1 Å². The lowest BCUT2D eigenvalue weighted by atomic mass is 10.6. The average molecular weight is 166 g/mol. The number of oxazole rings is 1. The van der Waals surface area contributed by atoms with Gasteiger partial charge in [-0.3, -0.25) is 9.78 Å². The summed E-state index contributed by atoms with van der Waals surface area (Å²) in [5.74, 6) is -0.565. The topological polar surface area (TPSA) is 75.4 Å². The maximum absolute atomic E-state index is 9.96. The number of aromatic nitrogens is 1. The Kier molecular flexibility index (Phi) is 2.78. The van der Waals surface area contributed by atoms with Gasteiger partial charge >= 0.3 is 5.76 Å². The van der Waals surface area contributed by atoms with Crippen molar-refractivity contribution in [2.45, 2.75) is 0 Å². The summed E-state index contributed by atoms with van der Waals surface area (Å²) in [6.45, 7) is 0. The molecular formula is C7H6N2O3. The van der Waals surface area contributed by atoms with Crippen molar-refractivity contribution in [3.8, 4) is 0 Å². The van der Waals surface area contributed by atoms with Gasteiger partial charge in [0.25, 0.3) is 5.91 Å². The normalized spacial score (nSPS) is 12.8. The molecule has 0 bridgehead atoms. The van der Waals surface area contributed by atoms with E-state index in [0.29, 0.717) is 0 Å². The van der Waals surface area contributed by atoms with Gasteiger partial charge in [-0.2, -0.15) is 0 Å². The molecule has 1 amide bonds. The predicted molar refractivity (Wildman–Crippen MR) is 42.0 cm³/mol. The van der Waals surface area contributed by atoms with Crippen LogP contribution in [0.1, 0.15) is 0 Å². The van der Waals surface area contributed by atoms with Crippen molar-refractivity contribution in [2.24, 2.45) is 4.99 Å². The lowest BCUT2D eigenvalue weighted by molar-refractivity contribution is -0.113. The van der Waals surface area contributed by atoms with E-state index in [-0.39, 0.29) is 5.91 Å². The number of H-pyrrole nitrogens is 1. The molecule has 2 heterocycles. The van der Waals surface area contributed by atoms with Crippen LogP contribution in [0.2, 0.25) is 0 Å². The van der Waals surface area contributed by atoms with E-state index in [0.717, 1.165) is 0 Å². The van der Waals surface area contributed by atoms with E-state index in [1.807, 2.05) is 0 Å². The highest BCUT2D eigenvalue weighted by Gasteiger charge is 1.90. The molecule has 5 nitrogen and oxygen atoms in total. The third kappa shape index (κ3) is 2.78. The number of nitrogens with one attached hydrogen (secondary N) is 1. The van der Waals surface area contributed by atoms with Gasteiger partial charge in [-0.15, -0.1) is 0 Å². The van der Waals surface area contributed by atoms with E-state index < -0.39 is 5.76 Å². The van der Waals surface area contributed by atoms with Crippen LogP contribution in [-0.2, 0) is 4.79 Å². The summed E-state index contributed by atoms with van der Waals surface area (Å²) < 4.78 is 4.22. The maximum atomic E-state index is 9.96. The standard InChI is InChI=1S/C4H3NO.C3H3NO2/c6-4-2-1-3-5-4;5-3-4-1-2-6-3/h1-3H;1-2H,(H,4,5). The lowest BCUT2D eigenvalue weighted by Crippen LogP contribution is -1.91. The minimum absolute atomic E-state index is 0.157. The monoisotopic (exact) mass is 166 g/mol. The molecule has 1 aliphatic heterocycles. The Morgan fingerprint density at radius 1 is 1.42 bits per heavy atom. The van der Waals surface area contributed by atoms with Gasteiger partial charge in [0.2, 0.25) is 0 Å². The molecule has 1 aliphatic rings. The molecular weight excluding hydrogens is 160 g/mol. The Morgan fingerprint density at radius 2 is 2.25 bits per heavy atom. The van der Waals surface area contributed by atoms with Crippen LogP contribution in [0.4, 0.5) is 0 Å². The zero-order valence-corrected chi connectivity index (χ0v) is 6.06. The number of aliphatic imine (C=N–C) groups is 1. The number of nitrogens with zero attached hydrogens (tertiary/aromatic N) is 1. The molecule has 0 aliphatic carbocycles. The second kappa shape index (κ2) is 4.07. The van der Waals surface area contributed by atoms with Crippen molar-refractivity contribution < 1.29 is 9.21 Å². The van der Waals surface area contributed by atoms with Crippen LogP contribution in [-0.4, -0.2) is 17.1 Å². The maximum Gasteiger partial charge on any atom is 0.416 e. The van der Waals surface area contributed by atoms with E-state index in [9.17, 15) is 9.59 Å². The van der Waals surface area contributed by atoms with Crippen LogP contribution in [0.5, 0.6) is 0 Å². The summed E-state index contributed by atoms with van der Waals surface area (Å²) >= 11 is 0. The molecule has 5 heteroatoms. The van der Waals surface area contributed by atoms with Crippen molar-refractivity contribution in [1.82, 2.24) is 4.98 Å². The SMILES string of the molecule is O=C1C=CC=N1.O=c1[nH]cco1. The van der Waals surface area contributed by atoms with Crippen LogP contribution in [0, 0.1) is 0 Å². The molecule has 0 saturated carbocycles. The number of carbonyl (C=O) groups excluding carboxylic acids is 1. The quantitative estimate of drug-likeness (QED) is 0.594. The molecule has 0 unspecified atom stereocenters. The van der Waals surface area contributed by atoms with Crippen LogP contribution >= 0.6 is 0 Å². The minimum Gasteiger partial charge on any atom is -0.417 e. The van der Waals surface area contributed by atoms with Gasteiger partial charge in [-0.1, -0.05) is 0 Å². The first kappa shape index (κ1) is 8.19. The average Bonchev–Trinajstić information content (AvgIpc) is 2.63. The molecule has 2 rings (SSSR count).